The van der Waals surface area contributed by atoms with Gasteiger partial charge in [-0.05, 0) is 13.3 Å². The van der Waals surface area contributed by atoms with Gasteiger partial charge in [0.1, 0.15) is 0 Å². The Balaban J connectivity index is 3.99. The predicted octanol–water partition coefficient (Wildman–Crippen LogP) is 0.756. The molecule has 13 heavy (non-hydrogen) atoms. The van der Waals surface area contributed by atoms with Crippen molar-refractivity contribution in [2.45, 2.75) is 39.7 Å². The van der Waals surface area contributed by atoms with Crippen molar-refractivity contribution in [2.75, 3.05) is 19.8 Å². The van der Waals surface area contributed by atoms with Gasteiger partial charge in [-0.2, -0.15) is 0 Å². The number of aliphatic hydroxyl groups excluding tert-OH is 2. The second-order valence-corrected chi connectivity index (χ2v) is 4.75. The van der Waals surface area contributed by atoms with Crippen LogP contribution in [0.4, 0.5) is 0 Å². The Morgan fingerprint density at radius 2 is 1.62 bits per heavy atom. The van der Waals surface area contributed by atoms with Gasteiger partial charge in [0, 0.05) is 24.1 Å². The van der Waals surface area contributed by atoms with Crippen LogP contribution in [0.3, 0.4) is 0 Å². The smallest absolute Gasteiger partial charge is 0.0610 e. The minimum atomic E-state index is -0.216. The fraction of sp³-hybridized carbons (Fsp3) is 1.00. The highest BCUT2D eigenvalue weighted by atomic mass is 16.3. The van der Waals surface area contributed by atoms with Crippen LogP contribution >= 0.6 is 0 Å². The predicted molar refractivity (Wildman–Crippen MR) is 54.7 cm³/mol. The van der Waals surface area contributed by atoms with E-state index in [9.17, 15) is 0 Å². The minimum Gasteiger partial charge on any atom is -0.396 e. The first-order chi connectivity index (χ1) is 5.89. The highest BCUT2D eigenvalue weighted by Crippen LogP contribution is 2.15. The molecule has 3 heteroatoms. The summed E-state index contributed by atoms with van der Waals surface area (Å²) in [5.74, 6) is 0. The first-order valence-corrected chi connectivity index (χ1v) is 4.86. The summed E-state index contributed by atoms with van der Waals surface area (Å²) in [5, 5.41) is 21.4. The van der Waals surface area contributed by atoms with E-state index in [1.165, 1.54) is 0 Å². The van der Waals surface area contributed by atoms with Crippen molar-refractivity contribution in [2.24, 2.45) is 5.41 Å². The summed E-state index contributed by atoms with van der Waals surface area (Å²) in [5.41, 5.74) is -0.335. The van der Waals surface area contributed by atoms with Gasteiger partial charge in [-0.3, -0.25) is 0 Å². The number of hydrogen-bond acceptors (Lipinski definition) is 3. The van der Waals surface area contributed by atoms with Crippen molar-refractivity contribution in [1.29, 1.82) is 0 Å². The first-order valence-electron chi connectivity index (χ1n) is 4.86. The number of nitrogens with one attached hydrogen (secondary N) is 1. The maximum absolute atomic E-state index is 9.13. The summed E-state index contributed by atoms with van der Waals surface area (Å²) in [6.07, 6.45) is 0.880. The molecule has 0 aliphatic rings. The molecular formula is C10H23NO2. The second-order valence-electron chi connectivity index (χ2n) is 4.75. The van der Waals surface area contributed by atoms with Crippen LogP contribution in [-0.2, 0) is 0 Å². The first kappa shape index (κ1) is 12.9. The van der Waals surface area contributed by atoms with Gasteiger partial charge in [0.15, 0.2) is 0 Å². The molecule has 0 radical (unpaired) electrons. The highest BCUT2D eigenvalue weighted by Gasteiger charge is 2.24. The molecule has 80 valence electrons. The quantitative estimate of drug-likeness (QED) is 0.578. The SMILES string of the molecule is CCC(C)(CO)NCC(C)(C)CO. The van der Waals surface area contributed by atoms with Crippen LogP contribution in [0.25, 0.3) is 0 Å². The average Bonchev–Trinajstić information content (AvgIpc) is 2.14. The summed E-state index contributed by atoms with van der Waals surface area (Å²) < 4.78 is 0. The summed E-state index contributed by atoms with van der Waals surface area (Å²) in [7, 11) is 0. The van der Waals surface area contributed by atoms with Crippen molar-refractivity contribution in [1.82, 2.24) is 5.32 Å². The molecule has 0 amide bonds. The largest absolute Gasteiger partial charge is 0.396 e. The third kappa shape index (κ3) is 4.60. The molecule has 3 N–H and O–H groups in total. The molecule has 0 saturated carbocycles. The van der Waals surface area contributed by atoms with Crippen LogP contribution in [0.2, 0.25) is 0 Å². The van der Waals surface area contributed by atoms with Crippen molar-refractivity contribution in [3.8, 4) is 0 Å². The van der Waals surface area contributed by atoms with Gasteiger partial charge in [-0.25, -0.2) is 0 Å². The maximum Gasteiger partial charge on any atom is 0.0610 e. The second kappa shape index (κ2) is 4.94. The molecule has 0 bridgehead atoms. The lowest BCUT2D eigenvalue weighted by molar-refractivity contribution is 0.119. The van der Waals surface area contributed by atoms with Gasteiger partial charge in [-0.1, -0.05) is 20.8 Å². The number of aliphatic hydroxyl groups is 2. The standard InChI is InChI=1S/C10H23NO2/c1-5-10(4,8-13)11-6-9(2,3)7-12/h11-13H,5-8H2,1-4H3. The van der Waals surface area contributed by atoms with Crippen molar-refractivity contribution in [3.05, 3.63) is 0 Å². The molecular weight excluding hydrogens is 166 g/mol. The third-order valence-corrected chi connectivity index (χ3v) is 2.55. The molecule has 0 aromatic heterocycles. The highest BCUT2D eigenvalue weighted by molar-refractivity contribution is 4.83. The van der Waals surface area contributed by atoms with Gasteiger partial charge in [0.25, 0.3) is 0 Å². The number of rotatable bonds is 6. The topological polar surface area (TPSA) is 52.5 Å². The zero-order chi connectivity index (χ0) is 10.5. The summed E-state index contributed by atoms with van der Waals surface area (Å²) in [4.78, 5) is 0. The Hall–Kier alpha value is -0.120. The lowest BCUT2D eigenvalue weighted by Crippen LogP contribution is -2.49. The lowest BCUT2D eigenvalue weighted by Gasteiger charge is -2.32. The lowest BCUT2D eigenvalue weighted by atomic mass is 9.92. The average molecular weight is 189 g/mol. The Morgan fingerprint density at radius 1 is 1.08 bits per heavy atom. The Kier molecular flexibility index (Phi) is 4.89. The molecule has 0 saturated heterocycles. The fourth-order valence-electron chi connectivity index (χ4n) is 0.801. The third-order valence-electron chi connectivity index (χ3n) is 2.55. The number of hydrogen-bond donors (Lipinski definition) is 3. The van der Waals surface area contributed by atoms with Crippen LogP contribution in [0.1, 0.15) is 34.1 Å². The van der Waals surface area contributed by atoms with E-state index in [0.29, 0.717) is 6.54 Å². The zero-order valence-corrected chi connectivity index (χ0v) is 9.22. The summed E-state index contributed by atoms with van der Waals surface area (Å²) in [6.45, 7) is 9.02. The van der Waals surface area contributed by atoms with Gasteiger partial charge < -0.3 is 15.5 Å². The van der Waals surface area contributed by atoms with Crippen LogP contribution in [0, 0.1) is 5.41 Å². The molecule has 0 aromatic carbocycles. The van der Waals surface area contributed by atoms with Crippen LogP contribution in [0.5, 0.6) is 0 Å². The molecule has 3 nitrogen and oxygen atoms in total. The van der Waals surface area contributed by atoms with Crippen LogP contribution in [-0.4, -0.2) is 35.5 Å². The molecule has 0 aliphatic carbocycles. The van der Waals surface area contributed by atoms with E-state index in [-0.39, 0.29) is 24.2 Å². The van der Waals surface area contributed by atoms with E-state index in [1.807, 2.05) is 27.7 Å². The van der Waals surface area contributed by atoms with Gasteiger partial charge in [-0.15, -0.1) is 0 Å². The molecule has 0 aliphatic heterocycles. The van der Waals surface area contributed by atoms with Gasteiger partial charge in [0.2, 0.25) is 0 Å². The van der Waals surface area contributed by atoms with Gasteiger partial charge in [0.05, 0.1) is 6.61 Å². The van der Waals surface area contributed by atoms with Crippen LogP contribution in [0.15, 0.2) is 0 Å². The molecule has 1 atom stereocenters. The monoisotopic (exact) mass is 189 g/mol. The molecule has 0 heterocycles. The van der Waals surface area contributed by atoms with Crippen LogP contribution < -0.4 is 5.32 Å². The van der Waals surface area contributed by atoms with Crippen molar-refractivity contribution in [3.63, 3.8) is 0 Å². The Bertz CT molecular complexity index is 142. The Labute approximate surface area is 81.2 Å². The van der Waals surface area contributed by atoms with E-state index in [4.69, 9.17) is 10.2 Å². The maximum atomic E-state index is 9.13. The summed E-state index contributed by atoms with van der Waals surface area (Å²) in [6, 6.07) is 0. The zero-order valence-electron chi connectivity index (χ0n) is 9.22. The molecule has 0 fully saturated rings. The van der Waals surface area contributed by atoms with E-state index < -0.39 is 0 Å². The van der Waals surface area contributed by atoms with Crippen molar-refractivity contribution >= 4 is 0 Å². The summed E-state index contributed by atoms with van der Waals surface area (Å²) >= 11 is 0. The molecule has 0 aromatic rings. The van der Waals surface area contributed by atoms with E-state index >= 15 is 0 Å². The van der Waals surface area contributed by atoms with Gasteiger partial charge >= 0.3 is 0 Å². The van der Waals surface area contributed by atoms with E-state index in [0.717, 1.165) is 6.42 Å². The molecule has 0 rings (SSSR count). The molecule has 1 unspecified atom stereocenters. The van der Waals surface area contributed by atoms with Crippen molar-refractivity contribution < 1.29 is 10.2 Å². The minimum absolute atomic E-state index is 0.119. The Morgan fingerprint density at radius 3 is 1.92 bits per heavy atom. The van der Waals surface area contributed by atoms with E-state index in [2.05, 4.69) is 5.32 Å². The fourth-order valence-corrected chi connectivity index (χ4v) is 0.801. The normalized spacial score (nSPS) is 17.1. The molecule has 0 spiro atoms. The van der Waals surface area contributed by atoms with E-state index in [1.54, 1.807) is 0 Å².